The van der Waals surface area contributed by atoms with E-state index in [9.17, 15) is 4.79 Å². The highest BCUT2D eigenvalue weighted by Crippen LogP contribution is 2.06. The maximum atomic E-state index is 11.4. The van der Waals surface area contributed by atoms with E-state index in [4.69, 9.17) is 4.74 Å². The van der Waals surface area contributed by atoms with Crippen molar-refractivity contribution in [3.63, 3.8) is 0 Å². The zero-order valence-electron chi connectivity index (χ0n) is 8.41. The molecule has 1 N–H and O–H groups in total. The number of hydrogen-bond donors (Lipinski definition) is 1. The van der Waals surface area contributed by atoms with Crippen LogP contribution in [0, 0.1) is 0 Å². The number of nitrogens with one attached hydrogen (secondary N) is 1. The lowest BCUT2D eigenvalue weighted by molar-refractivity contribution is 0.0953. The molecule has 0 bridgehead atoms. The second kappa shape index (κ2) is 5.21. The number of pyridine rings is 1. The summed E-state index contributed by atoms with van der Waals surface area (Å²) in [6.07, 6.45) is 2.43. The monoisotopic (exact) mass is 194 g/mol. The largest absolute Gasteiger partial charge is 0.481 e. The van der Waals surface area contributed by atoms with E-state index in [1.54, 1.807) is 19.2 Å². The maximum Gasteiger partial charge on any atom is 0.252 e. The molecule has 0 fully saturated rings. The Kier molecular flexibility index (Phi) is 3.91. The fraction of sp³-hybridized carbons (Fsp3) is 0.400. The lowest BCUT2D eigenvalue weighted by Gasteiger charge is -2.03. The van der Waals surface area contributed by atoms with E-state index in [0.717, 1.165) is 6.42 Å². The number of aromatic nitrogens is 1. The summed E-state index contributed by atoms with van der Waals surface area (Å²) >= 11 is 0. The lowest BCUT2D eigenvalue weighted by atomic mass is 10.2. The summed E-state index contributed by atoms with van der Waals surface area (Å²) in [5.41, 5.74) is 0.555. The Balaban J connectivity index is 2.62. The molecule has 0 aliphatic rings. The van der Waals surface area contributed by atoms with Gasteiger partial charge in [0, 0.05) is 18.8 Å². The molecular weight excluding hydrogens is 180 g/mol. The lowest BCUT2D eigenvalue weighted by Crippen LogP contribution is -2.23. The van der Waals surface area contributed by atoms with Gasteiger partial charge in [0.15, 0.2) is 0 Å². The second-order valence-electron chi connectivity index (χ2n) is 2.85. The van der Waals surface area contributed by atoms with Crippen molar-refractivity contribution < 1.29 is 9.53 Å². The number of amides is 1. The van der Waals surface area contributed by atoms with Gasteiger partial charge < -0.3 is 10.1 Å². The summed E-state index contributed by atoms with van der Waals surface area (Å²) in [5.74, 6) is 0.416. The predicted molar refractivity (Wildman–Crippen MR) is 53.4 cm³/mol. The van der Waals surface area contributed by atoms with Crippen LogP contribution in [0.25, 0.3) is 0 Å². The molecule has 4 heteroatoms. The average molecular weight is 194 g/mol. The molecule has 0 aromatic carbocycles. The number of carbonyl (C=O) groups is 1. The zero-order valence-corrected chi connectivity index (χ0v) is 8.41. The molecule has 0 aliphatic carbocycles. The van der Waals surface area contributed by atoms with Gasteiger partial charge in [0.1, 0.15) is 0 Å². The number of nitrogens with zero attached hydrogens (tertiary/aromatic N) is 1. The zero-order chi connectivity index (χ0) is 10.4. The van der Waals surface area contributed by atoms with Crippen LogP contribution in [-0.4, -0.2) is 24.5 Å². The Hall–Kier alpha value is -1.58. The maximum absolute atomic E-state index is 11.4. The average Bonchev–Trinajstić information content (AvgIpc) is 2.26. The van der Waals surface area contributed by atoms with Crippen LogP contribution in [0.5, 0.6) is 5.88 Å². The van der Waals surface area contributed by atoms with Crippen molar-refractivity contribution in [2.75, 3.05) is 13.7 Å². The molecule has 0 spiro atoms. The first-order valence-corrected chi connectivity index (χ1v) is 4.56. The Labute approximate surface area is 83.3 Å². The van der Waals surface area contributed by atoms with Crippen LogP contribution >= 0.6 is 0 Å². The molecule has 1 aromatic rings. The van der Waals surface area contributed by atoms with Gasteiger partial charge in [-0.1, -0.05) is 6.92 Å². The number of ether oxygens (including phenoxy) is 1. The summed E-state index contributed by atoms with van der Waals surface area (Å²) in [5, 5.41) is 2.77. The van der Waals surface area contributed by atoms with Gasteiger partial charge in [-0.15, -0.1) is 0 Å². The van der Waals surface area contributed by atoms with Crippen LogP contribution in [0.15, 0.2) is 18.3 Å². The topological polar surface area (TPSA) is 51.2 Å². The number of carbonyl (C=O) groups excluding carboxylic acids is 1. The highest BCUT2D eigenvalue weighted by molar-refractivity contribution is 5.93. The summed E-state index contributed by atoms with van der Waals surface area (Å²) in [7, 11) is 1.54. The molecule has 0 radical (unpaired) electrons. The molecule has 1 aromatic heterocycles. The standard InChI is InChI=1S/C10H14N2O2/c1-3-6-11-10(13)8-4-5-9(14-2)12-7-8/h4-5,7H,3,6H2,1-2H3,(H,11,13). The van der Waals surface area contributed by atoms with Crippen molar-refractivity contribution in [3.05, 3.63) is 23.9 Å². The fourth-order valence-electron chi connectivity index (χ4n) is 0.976. The molecule has 1 amide bonds. The van der Waals surface area contributed by atoms with Crippen molar-refractivity contribution in [2.24, 2.45) is 0 Å². The minimum Gasteiger partial charge on any atom is -0.481 e. The van der Waals surface area contributed by atoms with E-state index in [-0.39, 0.29) is 5.91 Å². The van der Waals surface area contributed by atoms with E-state index in [1.165, 1.54) is 6.20 Å². The highest BCUT2D eigenvalue weighted by Gasteiger charge is 2.04. The highest BCUT2D eigenvalue weighted by atomic mass is 16.5. The SMILES string of the molecule is CCCNC(=O)c1ccc(OC)nc1. The molecule has 76 valence electrons. The van der Waals surface area contributed by atoms with Crippen LogP contribution in [-0.2, 0) is 0 Å². The Bertz CT molecular complexity index is 295. The first-order chi connectivity index (χ1) is 6.77. The van der Waals surface area contributed by atoms with Gasteiger partial charge in [-0.25, -0.2) is 4.98 Å². The number of hydrogen-bond acceptors (Lipinski definition) is 3. The van der Waals surface area contributed by atoms with Gasteiger partial charge in [0.25, 0.3) is 5.91 Å². The second-order valence-corrected chi connectivity index (χ2v) is 2.85. The molecule has 1 heterocycles. The number of rotatable bonds is 4. The predicted octanol–water partition coefficient (Wildman–Crippen LogP) is 1.23. The minimum atomic E-state index is -0.0954. The van der Waals surface area contributed by atoms with Gasteiger partial charge >= 0.3 is 0 Å². The van der Waals surface area contributed by atoms with E-state index in [1.807, 2.05) is 6.92 Å². The number of methoxy groups -OCH3 is 1. The van der Waals surface area contributed by atoms with E-state index in [0.29, 0.717) is 18.0 Å². The quantitative estimate of drug-likeness (QED) is 0.784. The third kappa shape index (κ3) is 2.73. The van der Waals surface area contributed by atoms with Gasteiger partial charge in [0.2, 0.25) is 5.88 Å². The third-order valence-electron chi connectivity index (χ3n) is 1.74. The van der Waals surface area contributed by atoms with Gasteiger partial charge in [-0.3, -0.25) is 4.79 Å². The van der Waals surface area contributed by atoms with Gasteiger partial charge in [0.05, 0.1) is 12.7 Å². The summed E-state index contributed by atoms with van der Waals surface area (Å²) in [6.45, 7) is 2.69. The third-order valence-corrected chi connectivity index (χ3v) is 1.74. The van der Waals surface area contributed by atoms with Crippen LogP contribution < -0.4 is 10.1 Å². The molecule has 4 nitrogen and oxygen atoms in total. The molecule has 0 aliphatic heterocycles. The molecule has 1 rings (SSSR count). The Morgan fingerprint density at radius 1 is 1.57 bits per heavy atom. The van der Waals surface area contributed by atoms with Crippen LogP contribution in [0.2, 0.25) is 0 Å². The van der Waals surface area contributed by atoms with Crippen molar-refractivity contribution in [2.45, 2.75) is 13.3 Å². The first-order valence-electron chi connectivity index (χ1n) is 4.56. The normalized spacial score (nSPS) is 9.57. The molecule has 0 saturated heterocycles. The van der Waals surface area contributed by atoms with Crippen LogP contribution in [0.1, 0.15) is 23.7 Å². The molecule has 0 saturated carbocycles. The summed E-state index contributed by atoms with van der Waals surface area (Å²) in [6, 6.07) is 3.36. The van der Waals surface area contributed by atoms with Crippen molar-refractivity contribution in [3.8, 4) is 5.88 Å². The van der Waals surface area contributed by atoms with E-state index in [2.05, 4.69) is 10.3 Å². The molecular formula is C10H14N2O2. The first kappa shape index (κ1) is 10.5. The smallest absolute Gasteiger partial charge is 0.252 e. The summed E-state index contributed by atoms with van der Waals surface area (Å²) < 4.78 is 4.89. The van der Waals surface area contributed by atoms with Gasteiger partial charge in [-0.2, -0.15) is 0 Å². The molecule has 14 heavy (non-hydrogen) atoms. The molecule has 0 atom stereocenters. The van der Waals surface area contributed by atoms with E-state index >= 15 is 0 Å². The summed E-state index contributed by atoms with van der Waals surface area (Å²) in [4.78, 5) is 15.4. The van der Waals surface area contributed by atoms with Crippen molar-refractivity contribution in [1.29, 1.82) is 0 Å². The minimum absolute atomic E-state index is 0.0954. The van der Waals surface area contributed by atoms with Crippen molar-refractivity contribution in [1.82, 2.24) is 10.3 Å². The fourth-order valence-corrected chi connectivity index (χ4v) is 0.976. The van der Waals surface area contributed by atoms with Crippen LogP contribution in [0.3, 0.4) is 0 Å². The van der Waals surface area contributed by atoms with Gasteiger partial charge in [-0.05, 0) is 12.5 Å². The Morgan fingerprint density at radius 2 is 2.36 bits per heavy atom. The van der Waals surface area contributed by atoms with E-state index < -0.39 is 0 Å². The Morgan fingerprint density at radius 3 is 2.86 bits per heavy atom. The molecule has 0 unspecified atom stereocenters. The van der Waals surface area contributed by atoms with Crippen LogP contribution in [0.4, 0.5) is 0 Å². The van der Waals surface area contributed by atoms with Crippen molar-refractivity contribution >= 4 is 5.91 Å².